The van der Waals surface area contributed by atoms with Gasteiger partial charge in [0.2, 0.25) is 0 Å². The van der Waals surface area contributed by atoms with E-state index in [2.05, 4.69) is 52.8 Å². The molecule has 0 spiro atoms. The second kappa shape index (κ2) is 9.83. The Labute approximate surface area is 153 Å². The standard InChI is InChI=1S/C15H23N5S.HI/c1-4-16-14(19-11(2)3)17-9-10-18-15-20-12-7-5-6-8-13(12)21-15;/h5-8,11H,4,9-10H2,1-3H3,(H,18,20)(H2,16,17,19);1H. The minimum absolute atomic E-state index is 0. The zero-order valence-corrected chi connectivity index (χ0v) is 16.4. The number of rotatable bonds is 6. The molecular weight excluding hydrogens is 409 g/mol. The van der Waals surface area contributed by atoms with Crippen molar-refractivity contribution in [3.8, 4) is 0 Å². The number of para-hydroxylation sites is 1. The van der Waals surface area contributed by atoms with Gasteiger partial charge < -0.3 is 16.0 Å². The number of benzene rings is 1. The monoisotopic (exact) mass is 433 g/mol. The van der Waals surface area contributed by atoms with Crippen LogP contribution < -0.4 is 16.0 Å². The predicted octanol–water partition coefficient (Wildman–Crippen LogP) is 3.29. The van der Waals surface area contributed by atoms with Crippen LogP contribution in [0.4, 0.5) is 5.13 Å². The number of nitrogens with zero attached hydrogens (tertiary/aromatic N) is 2. The summed E-state index contributed by atoms with van der Waals surface area (Å²) in [6.07, 6.45) is 0. The Morgan fingerprint density at radius 3 is 2.77 bits per heavy atom. The number of thiazole rings is 1. The maximum absolute atomic E-state index is 4.54. The van der Waals surface area contributed by atoms with Gasteiger partial charge in [0.05, 0.1) is 16.8 Å². The van der Waals surface area contributed by atoms with Gasteiger partial charge in [0.15, 0.2) is 11.1 Å². The number of halogens is 1. The minimum atomic E-state index is 0. The molecule has 5 nitrogen and oxygen atoms in total. The Bertz CT molecular complexity index is 563. The molecule has 2 rings (SSSR count). The fraction of sp³-hybridized carbons (Fsp3) is 0.467. The van der Waals surface area contributed by atoms with Crippen LogP contribution in [0.2, 0.25) is 0 Å². The maximum atomic E-state index is 4.54. The van der Waals surface area contributed by atoms with Crippen molar-refractivity contribution in [1.29, 1.82) is 0 Å². The highest BCUT2D eigenvalue weighted by molar-refractivity contribution is 14.0. The average Bonchev–Trinajstić information content (AvgIpc) is 2.85. The maximum Gasteiger partial charge on any atom is 0.191 e. The van der Waals surface area contributed by atoms with Crippen LogP contribution in [-0.2, 0) is 0 Å². The number of anilines is 1. The summed E-state index contributed by atoms with van der Waals surface area (Å²) in [5.74, 6) is 0.860. The van der Waals surface area contributed by atoms with Crippen LogP contribution in [0.25, 0.3) is 10.2 Å². The molecule has 0 atom stereocenters. The fourth-order valence-corrected chi connectivity index (χ4v) is 2.76. The van der Waals surface area contributed by atoms with Crippen LogP contribution in [0.5, 0.6) is 0 Å². The van der Waals surface area contributed by atoms with E-state index in [9.17, 15) is 0 Å². The highest BCUT2D eigenvalue weighted by Gasteiger charge is 2.02. The molecule has 0 saturated heterocycles. The first-order valence-electron chi connectivity index (χ1n) is 7.33. The summed E-state index contributed by atoms with van der Waals surface area (Å²) in [5, 5.41) is 10.8. The number of fused-ring (bicyclic) bond motifs is 1. The Kier molecular flexibility index (Phi) is 8.47. The molecule has 0 aliphatic carbocycles. The lowest BCUT2D eigenvalue weighted by Crippen LogP contribution is -2.41. The van der Waals surface area contributed by atoms with Crippen LogP contribution in [0.15, 0.2) is 29.3 Å². The lowest BCUT2D eigenvalue weighted by Gasteiger charge is -2.13. The van der Waals surface area contributed by atoms with Gasteiger partial charge >= 0.3 is 0 Å². The van der Waals surface area contributed by atoms with Crippen molar-refractivity contribution >= 4 is 56.6 Å². The number of hydrogen-bond acceptors (Lipinski definition) is 4. The van der Waals surface area contributed by atoms with E-state index in [1.807, 2.05) is 18.2 Å². The van der Waals surface area contributed by atoms with Crippen molar-refractivity contribution in [1.82, 2.24) is 15.6 Å². The van der Waals surface area contributed by atoms with Crippen LogP contribution in [0, 0.1) is 0 Å². The Morgan fingerprint density at radius 2 is 2.09 bits per heavy atom. The van der Waals surface area contributed by atoms with Gasteiger partial charge in [-0.3, -0.25) is 4.99 Å². The van der Waals surface area contributed by atoms with Gasteiger partial charge in [-0.2, -0.15) is 0 Å². The average molecular weight is 433 g/mol. The highest BCUT2D eigenvalue weighted by Crippen LogP contribution is 2.24. The molecule has 0 radical (unpaired) electrons. The van der Waals surface area contributed by atoms with Gasteiger partial charge in [-0.15, -0.1) is 24.0 Å². The molecule has 7 heteroatoms. The van der Waals surface area contributed by atoms with Crippen LogP contribution in [-0.4, -0.2) is 36.6 Å². The number of aromatic nitrogens is 1. The smallest absolute Gasteiger partial charge is 0.191 e. The molecule has 1 aromatic carbocycles. The third-order valence-electron chi connectivity index (χ3n) is 2.72. The summed E-state index contributed by atoms with van der Waals surface area (Å²) in [6.45, 7) is 8.62. The summed E-state index contributed by atoms with van der Waals surface area (Å²) in [5.41, 5.74) is 1.04. The Balaban J connectivity index is 0.00000242. The van der Waals surface area contributed by atoms with E-state index >= 15 is 0 Å². The van der Waals surface area contributed by atoms with Crippen molar-refractivity contribution in [3.05, 3.63) is 24.3 Å². The quantitative estimate of drug-likeness (QED) is 0.283. The SMILES string of the molecule is CCNC(=NCCNc1nc2ccccc2s1)NC(C)C.I. The molecule has 1 heterocycles. The van der Waals surface area contributed by atoms with Crippen molar-refractivity contribution in [2.45, 2.75) is 26.8 Å². The fourth-order valence-electron chi connectivity index (χ4n) is 1.87. The molecule has 0 aliphatic rings. The summed E-state index contributed by atoms with van der Waals surface area (Å²) < 4.78 is 1.21. The van der Waals surface area contributed by atoms with E-state index in [-0.39, 0.29) is 24.0 Å². The second-order valence-electron chi connectivity index (χ2n) is 4.97. The van der Waals surface area contributed by atoms with Gasteiger partial charge in [-0.05, 0) is 32.9 Å². The Morgan fingerprint density at radius 1 is 1.32 bits per heavy atom. The molecule has 0 fully saturated rings. The summed E-state index contributed by atoms with van der Waals surface area (Å²) >= 11 is 1.68. The van der Waals surface area contributed by atoms with Crippen LogP contribution in [0.1, 0.15) is 20.8 Å². The summed E-state index contributed by atoms with van der Waals surface area (Å²) in [4.78, 5) is 9.07. The first kappa shape index (κ1) is 19.0. The number of guanidine groups is 1. The number of aliphatic imine (C=N–C) groups is 1. The van der Waals surface area contributed by atoms with E-state index in [1.165, 1.54) is 4.70 Å². The lowest BCUT2D eigenvalue weighted by atomic mass is 10.3. The van der Waals surface area contributed by atoms with Gasteiger partial charge in [0.25, 0.3) is 0 Å². The number of hydrogen-bond donors (Lipinski definition) is 3. The normalized spacial score (nSPS) is 11.4. The van der Waals surface area contributed by atoms with Crippen LogP contribution >= 0.6 is 35.3 Å². The van der Waals surface area contributed by atoms with E-state index in [4.69, 9.17) is 0 Å². The van der Waals surface area contributed by atoms with Gasteiger partial charge in [0.1, 0.15) is 0 Å². The van der Waals surface area contributed by atoms with E-state index in [0.29, 0.717) is 12.6 Å². The molecule has 1 aromatic heterocycles. The first-order chi connectivity index (χ1) is 10.2. The van der Waals surface area contributed by atoms with Gasteiger partial charge in [-0.1, -0.05) is 23.5 Å². The number of nitrogens with one attached hydrogen (secondary N) is 3. The van der Waals surface area contributed by atoms with Crippen molar-refractivity contribution < 1.29 is 0 Å². The first-order valence-corrected chi connectivity index (χ1v) is 8.15. The lowest BCUT2D eigenvalue weighted by molar-refractivity contribution is 0.701. The molecule has 22 heavy (non-hydrogen) atoms. The van der Waals surface area contributed by atoms with Crippen molar-refractivity contribution in [3.63, 3.8) is 0 Å². The minimum Gasteiger partial charge on any atom is -0.360 e. The van der Waals surface area contributed by atoms with Crippen molar-refractivity contribution in [2.75, 3.05) is 25.0 Å². The largest absolute Gasteiger partial charge is 0.360 e. The molecule has 0 bridgehead atoms. The second-order valence-corrected chi connectivity index (χ2v) is 6.00. The molecule has 0 saturated carbocycles. The van der Waals surface area contributed by atoms with Crippen LogP contribution in [0.3, 0.4) is 0 Å². The van der Waals surface area contributed by atoms with E-state index in [0.717, 1.165) is 29.7 Å². The van der Waals surface area contributed by atoms with Gasteiger partial charge in [-0.25, -0.2) is 4.98 Å². The van der Waals surface area contributed by atoms with E-state index < -0.39 is 0 Å². The zero-order valence-electron chi connectivity index (χ0n) is 13.2. The van der Waals surface area contributed by atoms with E-state index in [1.54, 1.807) is 11.3 Å². The Hall–Kier alpha value is -1.09. The molecule has 122 valence electrons. The summed E-state index contributed by atoms with van der Waals surface area (Å²) in [7, 11) is 0. The molecule has 0 unspecified atom stereocenters. The summed E-state index contributed by atoms with van der Waals surface area (Å²) in [6, 6.07) is 8.54. The molecule has 0 amide bonds. The molecular formula is C15H24IN5S. The third kappa shape index (κ3) is 5.96. The molecule has 3 N–H and O–H groups in total. The molecule has 2 aromatic rings. The zero-order chi connectivity index (χ0) is 15.1. The van der Waals surface area contributed by atoms with Gasteiger partial charge in [0, 0.05) is 19.1 Å². The third-order valence-corrected chi connectivity index (χ3v) is 3.72. The molecule has 0 aliphatic heterocycles. The topological polar surface area (TPSA) is 61.3 Å². The predicted molar refractivity (Wildman–Crippen MR) is 108 cm³/mol. The highest BCUT2D eigenvalue weighted by atomic mass is 127. The van der Waals surface area contributed by atoms with Crippen molar-refractivity contribution in [2.24, 2.45) is 4.99 Å².